The molecule has 0 aliphatic heterocycles. The van der Waals surface area contributed by atoms with Crippen LogP contribution in [-0.2, 0) is 4.79 Å². The SMILES string of the molecule is C[C@@H](C(=O)O)C(F)(F)C(F)F. The number of halogens is 4. The minimum atomic E-state index is -4.45. The van der Waals surface area contributed by atoms with Gasteiger partial charge in [-0.05, 0) is 6.92 Å². The summed E-state index contributed by atoms with van der Waals surface area (Å²) in [5.41, 5.74) is 0. The molecule has 0 aliphatic rings. The zero-order valence-electron chi connectivity index (χ0n) is 5.52. The molecule has 11 heavy (non-hydrogen) atoms. The molecule has 0 radical (unpaired) electrons. The Bertz CT molecular complexity index is 157. The van der Waals surface area contributed by atoms with Gasteiger partial charge in [0.05, 0.1) is 0 Å². The van der Waals surface area contributed by atoms with Gasteiger partial charge < -0.3 is 5.11 Å². The molecule has 0 fully saturated rings. The summed E-state index contributed by atoms with van der Waals surface area (Å²) in [6.45, 7) is 0.536. The number of rotatable bonds is 3. The maximum Gasteiger partial charge on any atom is 0.320 e. The molecule has 6 heteroatoms. The van der Waals surface area contributed by atoms with E-state index in [2.05, 4.69) is 0 Å². The summed E-state index contributed by atoms with van der Waals surface area (Å²) in [6, 6.07) is 0. The third-order valence-corrected chi connectivity index (χ3v) is 1.24. The topological polar surface area (TPSA) is 37.3 Å². The van der Waals surface area contributed by atoms with E-state index >= 15 is 0 Å². The van der Waals surface area contributed by atoms with Gasteiger partial charge in [0.1, 0.15) is 5.92 Å². The first-order valence-electron chi connectivity index (χ1n) is 2.69. The largest absolute Gasteiger partial charge is 0.481 e. The van der Waals surface area contributed by atoms with Crippen LogP contribution in [0.5, 0.6) is 0 Å². The van der Waals surface area contributed by atoms with E-state index in [1.807, 2.05) is 0 Å². The first-order chi connectivity index (χ1) is 4.80. The Kier molecular flexibility index (Phi) is 2.84. The Balaban J connectivity index is 4.41. The van der Waals surface area contributed by atoms with Gasteiger partial charge in [-0.25, -0.2) is 8.78 Å². The first kappa shape index (κ1) is 10.2. The highest BCUT2D eigenvalue weighted by atomic mass is 19.3. The molecule has 0 bridgehead atoms. The lowest BCUT2D eigenvalue weighted by Gasteiger charge is -2.18. The number of carboxylic acids is 1. The number of carboxylic acid groups (broad SMARTS) is 1. The molecule has 0 unspecified atom stereocenters. The highest BCUT2D eigenvalue weighted by Gasteiger charge is 2.49. The average molecular weight is 174 g/mol. The van der Waals surface area contributed by atoms with E-state index in [0.717, 1.165) is 0 Å². The van der Waals surface area contributed by atoms with Gasteiger partial charge in [0, 0.05) is 0 Å². The Morgan fingerprint density at radius 3 is 1.91 bits per heavy atom. The molecule has 1 atom stereocenters. The highest BCUT2D eigenvalue weighted by Crippen LogP contribution is 2.31. The minimum absolute atomic E-state index is 0.536. The number of carbonyl (C=O) groups is 1. The molecule has 0 saturated carbocycles. The van der Waals surface area contributed by atoms with Crippen molar-refractivity contribution in [1.29, 1.82) is 0 Å². The van der Waals surface area contributed by atoms with Crippen LogP contribution in [0.3, 0.4) is 0 Å². The number of alkyl halides is 4. The Morgan fingerprint density at radius 1 is 1.45 bits per heavy atom. The summed E-state index contributed by atoms with van der Waals surface area (Å²) in [6.07, 6.45) is -3.94. The van der Waals surface area contributed by atoms with Crippen LogP contribution >= 0.6 is 0 Å². The van der Waals surface area contributed by atoms with Gasteiger partial charge in [-0.1, -0.05) is 0 Å². The molecule has 1 N–H and O–H groups in total. The lowest BCUT2D eigenvalue weighted by atomic mass is 10.1. The van der Waals surface area contributed by atoms with Crippen LogP contribution in [0, 0.1) is 5.92 Å². The molecule has 0 rings (SSSR count). The van der Waals surface area contributed by atoms with Crippen molar-refractivity contribution in [1.82, 2.24) is 0 Å². The van der Waals surface area contributed by atoms with E-state index in [4.69, 9.17) is 5.11 Å². The fraction of sp³-hybridized carbons (Fsp3) is 0.800. The van der Waals surface area contributed by atoms with Gasteiger partial charge in [0.25, 0.3) is 0 Å². The van der Waals surface area contributed by atoms with Gasteiger partial charge in [-0.2, -0.15) is 8.78 Å². The number of hydrogen-bond donors (Lipinski definition) is 1. The highest BCUT2D eigenvalue weighted by molar-refractivity contribution is 5.70. The third-order valence-electron chi connectivity index (χ3n) is 1.24. The van der Waals surface area contributed by atoms with Crippen LogP contribution in [0.2, 0.25) is 0 Å². The van der Waals surface area contributed by atoms with Crippen molar-refractivity contribution in [3.05, 3.63) is 0 Å². The van der Waals surface area contributed by atoms with Crippen LogP contribution in [0.25, 0.3) is 0 Å². The quantitative estimate of drug-likeness (QED) is 0.660. The van der Waals surface area contributed by atoms with Gasteiger partial charge in [0.15, 0.2) is 0 Å². The van der Waals surface area contributed by atoms with Gasteiger partial charge in [-0.15, -0.1) is 0 Å². The fourth-order valence-electron chi connectivity index (χ4n) is 0.354. The minimum Gasteiger partial charge on any atom is -0.481 e. The van der Waals surface area contributed by atoms with Crippen molar-refractivity contribution in [2.75, 3.05) is 0 Å². The average Bonchev–Trinajstić information content (AvgIpc) is 1.85. The molecular weight excluding hydrogens is 168 g/mol. The Morgan fingerprint density at radius 2 is 1.82 bits per heavy atom. The Hall–Kier alpha value is -0.810. The maximum atomic E-state index is 12.1. The molecule has 2 nitrogen and oxygen atoms in total. The molecule has 0 spiro atoms. The van der Waals surface area contributed by atoms with Crippen LogP contribution in [0.4, 0.5) is 17.6 Å². The molecule has 0 aromatic rings. The second-order valence-corrected chi connectivity index (χ2v) is 2.04. The zero-order chi connectivity index (χ0) is 9.23. The van der Waals surface area contributed by atoms with E-state index in [0.29, 0.717) is 6.92 Å². The fourth-order valence-corrected chi connectivity index (χ4v) is 0.354. The van der Waals surface area contributed by atoms with Crippen LogP contribution in [0.15, 0.2) is 0 Å². The predicted octanol–water partition coefficient (Wildman–Crippen LogP) is 1.61. The van der Waals surface area contributed by atoms with E-state index < -0.39 is 24.2 Å². The number of aliphatic carboxylic acids is 1. The van der Waals surface area contributed by atoms with E-state index in [1.165, 1.54) is 0 Å². The lowest BCUT2D eigenvalue weighted by Crippen LogP contribution is -2.38. The van der Waals surface area contributed by atoms with E-state index in [1.54, 1.807) is 0 Å². The molecule has 0 saturated heterocycles. The van der Waals surface area contributed by atoms with Crippen molar-refractivity contribution in [2.24, 2.45) is 5.92 Å². The molecule has 66 valence electrons. The first-order valence-corrected chi connectivity index (χ1v) is 2.69. The second kappa shape index (κ2) is 3.06. The van der Waals surface area contributed by atoms with Crippen LogP contribution < -0.4 is 0 Å². The second-order valence-electron chi connectivity index (χ2n) is 2.04. The van der Waals surface area contributed by atoms with E-state index in [-0.39, 0.29) is 0 Å². The summed E-state index contributed by atoms with van der Waals surface area (Å²) in [7, 11) is 0. The lowest BCUT2D eigenvalue weighted by molar-refractivity contribution is -0.183. The van der Waals surface area contributed by atoms with Gasteiger partial charge in [0.2, 0.25) is 0 Å². The smallest absolute Gasteiger partial charge is 0.320 e. The molecule has 0 aromatic heterocycles. The van der Waals surface area contributed by atoms with Crippen LogP contribution in [0.1, 0.15) is 6.92 Å². The molecule has 0 amide bonds. The normalized spacial score (nSPS) is 15.1. The summed E-state index contributed by atoms with van der Waals surface area (Å²) < 4.78 is 46.9. The summed E-state index contributed by atoms with van der Waals surface area (Å²) >= 11 is 0. The van der Waals surface area contributed by atoms with Crippen LogP contribution in [-0.4, -0.2) is 23.4 Å². The maximum absolute atomic E-state index is 12.1. The number of hydrogen-bond acceptors (Lipinski definition) is 1. The van der Waals surface area contributed by atoms with Gasteiger partial charge in [-0.3, -0.25) is 4.79 Å². The van der Waals surface area contributed by atoms with E-state index in [9.17, 15) is 22.4 Å². The summed E-state index contributed by atoms with van der Waals surface area (Å²) in [5, 5.41) is 7.95. The molecule has 0 heterocycles. The third kappa shape index (κ3) is 2.06. The van der Waals surface area contributed by atoms with Crippen molar-refractivity contribution in [3.63, 3.8) is 0 Å². The molecular formula is C5H6F4O2. The van der Waals surface area contributed by atoms with Crippen molar-refractivity contribution >= 4 is 5.97 Å². The van der Waals surface area contributed by atoms with Gasteiger partial charge >= 0.3 is 18.3 Å². The van der Waals surface area contributed by atoms with Crippen molar-refractivity contribution < 1.29 is 27.5 Å². The zero-order valence-corrected chi connectivity index (χ0v) is 5.52. The molecule has 0 aromatic carbocycles. The Labute approximate surface area is 59.8 Å². The van der Waals surface area contributed by atoms with Crippen molar-refractivity contribution in [3.8, 4) is 0 Å². The molecule has 0 aliphatic carbocycles. The monoisotopic (exact) mass is 174 g/mol. The predicted molar refractivity (Wildman–Crippen MR) is 27.8 cm³/mol. The summed E-state index contributed by atoms with van der Waals surface area (Å²) in [5.74, 6) is -8.75. The van der Waals surface area contributed by atoms with Crippen molar-refractivity contribution in [2.45, 2.75) is 19.3 Å². The summed E-state index contributed by atoms with van der Waals surface area (Å²) in [4.78, 5) is 9.84. The standard InChI is InChI=1S/C5H6F4O2/c1-2(3(10)11)5(8,9)4(6)7/h2,4H,1H3,(H,10,11)/t2-/m0/s1.